The second-order valence-electron chi connectivity index (χ2n) is 8.18. The van der Waals surface area contributed by atoms with Crippen molar-refractivity contribution in [1.29, 1.82) is 0 Å². The molecular weight excluding hydrogens is 409 g/mol. The van der Waals surface area contributed by atoms with Crippen molar-refractivity contribution in [3.05, 3.63) is 41.3 Å². The van der Waals surface area contributed by atoms with E-state index in [9.17, 15) is 13.2 Å². The molecule has 4 rings (SSSR count). The molecule has 1 saturated heterocycles. The summed E-state index contributed by atoms with van der Waals surface area (Å²) in [5.74, 6) is 1.55. The van der Waals surface area contributed by atoms with Crippen LogP contribution in [0.15, 0.2) is 24.3 Å². The maximum Gasteiger partial charge on any atom is 0.433 e. The van der Waals surface area contributed by atoms with Gasteiger partial charge in [-0.2, -0.15) is 13.2 Å². The SMILES string of the molecule is Cc1cc(NC[C@@H]2CCCN([C@H](C)c3ccc4c(n3)OCCO4)C2)cc(C(F)(F)F)n1. The van der Waals surface area contributed by atoms with Gasteiger partial charge in [-0.1, -0.05) is 0 Å². The molecule has 0 amide bonds. The van der Waals surface area contributed by atoms with Crippen molar-refractivity contribution >= 4 is 5.69 Å². The van der Waals surface area contributed by atoms with Gasteiger partial charge in [-0.25, -0.2) is 9.97 Å². The number of ether oxygens (including phenoxy) is 2. The molecule has 2 aliphatic heterocycles. The number of rotatable bonds is 5. The Labute approximate surface area is 179 Å². The van der Waals surface area contributed by atoms with Crippen LogP contribution in [0.4, 0.5) is 18.9 Å². The Morgan fingerprint density at radius 3 is 2.81 bits per heavy atom. The van der Waals surface area contributed by atoms with Crippen molar-refractivity contribution in [2.24, 2.45) is 5.92 Å². The number of piperidine rings is 1. The second-order valence-corrected chi connectivity index (χ2v) is 8.18. The quantitative estimate of drug-likeness (QED) is 0.747. The second kappa shape index (κ2) is 8.90. The first-order valence-electron chi connectivity index (χ1n) is 10.6. The summed E-state index contributed by atoms with van der Waals surface area (Å²) in [6.45, 7) is 7.14. The summed E-state index contributed by atoms with van der Waals surface area (Å²) >= 11 is 0. The Bertz CT molecular complexity index is 922. The van der Waals surface area contributed by atoms with Crippen LogP contribution in [0.2, 0.25) is 0 Å². The highest BCUT2D eigenvalue weighted by Gasteiger charge is 2.33. The summed E-state index contributed by atoms with van der Waals surface area (Å²) in [6.07, 6.45) is -2.39. The molecule has 31 heavy (non-hydrogen) atoms. The van der Waals surface area contributed by atoms with Crippen molar-refractivity contribution in [2.45, 2.75) is 38.9 Å². The van der Waals surface area contributed by atoms with Gasteiger partial charge in [-0.3, -0.25) is 4.90 Å². The lowest BCUT2D eigenvalue weighted by atomic mass is 9.96. The van der Waals surface area contributed by atoms with Gasteiger partial charge < -0.3 is 14.8 Å². The highest BCUT2D eigenvalue weighted by atomic mass is 19.4. The molecule has 2 aromatic rings. The van der Waals surface area contributed by atoms with Crippen LogP contribution >= 0.6 is 0 Å². The van der Waals surface area contributed by atoms with Crippen molar-refractivity contribution in [1.82, 2.24) is 14.9 Å². The molecule has 0 aromatic carbocycles. The zero-order chi connectivity index (χ0) is 22.0. The summed E-state index contributed by atoms with van der Waals surface area (Å²) in [6, 6.07) is 6.71. The number of fused-ring (bicyclic) bond motifs is 1. The van der Waals surface area contributed by atoms with Crippen molar-refractivity contribution < 1.29 is 22.6 Å². The maximum absolute atomic E-state index is 13.0. The van der Waals surface area contributed by atoms with E-state index in [0.29, 0.717) is 48.7 Å². The molecule has 1 N–H and O–H groups in total. The molecule has 168 valence electrons. The average Bonchev–Trinajstić information content (AvgIpc) is 2.76. The topological polar surface area (TPSA) is 59.5 Å². The van der Waals surface area contributed by atoms with Crippen molar-refractivity contribution in [3.63, 3.8) is 0 Å². The van der Waals surface area contributed by atoms with E-state index >= 15 is 0 Å². The van der Waals surface area contributed by atoms with Crippen LogP contribution in [0.5, 0.6) is 11.6 Å². The Morgan fingerprint density at radius 2 is 2.00 bits per heavy atom. The minimum atomic E-state index is -4.45. The molecule has 0 unspecified atom stereocenters. The van der Waals surface area contributed by atoms with Crippen LogP contribution in [0.25, 0.3) is 0 Å². The predicted molar refractivity (Wildman–Crippen MR) is 110 cm³/mol. The fourth-order valence-electron chi connectivity index (χ4n) is 4.16. The molecule has 0 spiro atoms. The van der Waals surface area contributed by atoms with Gasteiger partial charge in [0, 0.05) is 30.5 Å². The number of likely N-dealkylation sites (tertiary alicyclic amines) is 1. The van der Waals surface area contributed by atoms with Crippen molar-refractivity contribution in [2.75, 3.05) is 38.2 Å². The first-order valence-corrected chi connectivity index (χ1v) is 10.6. The summed E-state index contributed by atoms with van der Waals surface area (Å²) in [5, 5.41) is 3.19. The van der Waals surface area contributed by atoms with Gasteiger partial charge in [0.05, 0.1) is 5.69 Å². The number of hydrogen-bond donors (Lipinski definition) is 1. The molecule has 2 atom stereocenters. The van der Waals surface area contributed by atoms with E-state index in [1.807, 2.05) is 12.1 Å². The Kier molecular flexibility index (Phi) is 6.22. The van der Waals surface area contributed by atoms with Crippen LogP contribution < -0.4 is 14.8 Å². The number of aromatic nitrogens is 2. The summed E-state index contributed by atoms with van der Waals surface area (Å²) < 4.78 is 50.2. The van der Waals surface area contributed by atoms with E-state index in [1.165, 1.54) is 0 Å². The lowest BCUT2D eigenvalue weighted by Gasteiger charge is -2.37. The minimum Gasteiger partial charge on any atom is -0.484 e. The lowest BCUT2D eigenvalue weighted by molar-refractivity contribution is -0.141. The number of anilines is 1. The fourth-order valence-corrected chi connectivity index (χ4v) is 4.16. The van der Waals surface area contributed by atoms with Crippen molar-refractivity contribution in [3.8, 4) is 11.6 Å². The number of alkyl halides is 3. The van der Waals surface area contributed by atoms with Gasteiger partial charge in [-0.15, -0.1) is 0 Å². The lowest BCUT2D eigenvalue weighted by Crippen LogP contribution is -2.39. The van der Waals surface area contributed by atoms with Crippen LogP contribution in [-0.2, 0) is 6.18 Å². The highest BCUT2D eigenvalue weighted by molar-refractivity contribution is 5.46. The van der Waals surface area contributed by atoms with E-state index < -0.39 is 11.9 Å². The predicted octanol–water partition coefficient (Wildman–Crippen LogP) is 4.46. The van der Waals surface area contributed by atoms with E-state index in [4.69, 9.17) is 9.47 Å². The minimum absolute atomic E-state index is 0.110. The first-order chi connectivity index (χ1) is 14.8. The highest BCUT2D eigenvalue weighted by Crippen LogP contribution is 2.33. The number of pyridine rings is 2. The third-order valence-corrected chi connectivity index (χ3v) is 5.79. The molecule has 4 heterocycles. The monoisotopic (exact) mass is 436 g/mol. The number of hydrogen-bond acceptors (Lipinski definition) is 6. The fraction of sp³-hybridized carbons (Fsp3) is 0.545. The van der Waals surface area contributed by atoms with Gasteiger partial charge in [0.15, 0.2) is 5.75 Å². The largest absolute Gasteiger partial charge is 0.484 e. The first kappa shape index (κ1) is 21.7. The van der Waals surface area contributed by atoms with E-state index in [-0.39, 0.29) is 6.04 Å². The Balaban J connectivity index is 1.38. The van der Waals surface area contributed by atoms with Crippen LogP contribution in [0.3, 0.4) is 0 Å². The van der Waals surface area contributed by atoms with Gasteiger partial charge in [-0.05, 0) is 63.4 Å². The van der Waals surface area contributed by atoms with Gasteiger partial charge in [0.2, 0.25) is 0 Å². The Hall–Kier alpha value is -2.55. The molecule has 9 heteroatoms. The zero-order valence-electron chi connectivity index (χ0n) is 17.7. The molecule has 2 aromatic heterocycles. The number of aryl methyl sites for hydroxylation is 1. The summed E-state index contributed by atoms with van der Waals surface area (Å²) in [5.41, 5.74) is 0.871. The maximum atomic E-state index is 13.0. The number of nitrogens with one attached hydrogen (secondary N) is 1. The molecule has 0 aliphatic carbocycles. The smallest absolute Gasteiger partial charge is 0.433 e. The van der Waals surface area contributed by atoms with E-state index in [2.05, 4.69) is 27.1 Å². The number of nitrogens with zero attached hydrogens (tertiary/aromatic N) is 3. The standard InChI is InChI=1S/C22H27F3N4O2/c1-14-10-17(11-20(27-14)22(23,24)25)26-12-16-4-3-7-29(13-16)15(2)18-5-6-19-21(28-18)31-9-8-30-19/h5-6,10-11,15-16H,3-4,7-9,12-13H2,1-2H3,(H,26,27)/t15-,16+/m1/s1. The number of halogens is 3. The molecule has 0 bridgehead atoms. The van der Waals surface area contributed by atoms with Gasteiger partial charge in [0.25, 0.3) is 5.88 Å². The molecule has 6 nitrogen and oxygen atoms in total. The third-order valence-electron chi connectivity index (χ3n) is 5.79. The molecular formula is C22H27F3N4O2. The van der Waals surface area contributed by atoms with Gasteiger partial charge >= 0.3 is 6.18 Å². The summed E-state index contributed by atoms with van der Waals surface area (Å²) in [4.78, 5) is 10.6. The van der Waals surface area contributed by atoms with Gasteiger partial charge in [0.1, 0.15) is 18.9 Å². The Morgan fingerprint density at radius 1 is 1.19 bits per heavy atom. The molecule has 0 saturated carbocycles. The molecule has 0 radical (unpaired) electrons. The van der Waals surface area contributed by atoms with Crippen LogP contribution in [0, 0.1) is 12.8 Å². The normalized spacial score (nSPS) is 20.4. The van der Waals surface area contributed by atoms with E-state index in [1.54, 1.807) is 13.0 Å². The summed E-state index contributed by atoms with van der Waals surface area (Å²) in [7, 11) is 0. The molecule has 1 fully saturated rings. The van der Waals surface area contributed by atoms with Crippen LogP contribution in [0.1, 0.15) is 42.9 Å². The van der Waals surface area contributed by atoms with E-state index in [0.717, 1.165) is 37.7 Å². The third kappa shape index (κ3) is 5.20. The molecule has 2 aliphatic rings. The van der Waals surface area contributed by atoms with Crippen LogP contribution in [-0.4, -0.2) is 47.7 Å². The average molecular weight is 436 g/mol. The zero-order valence-corrected chi connectivity index (χ0v) is 17.7.